The minimum atomic E-state index is -0.263. The first-order valence-corrected chi connectivity index (χ1v) is 3.80. The van der Waals surface area contributed by atoms with Crippen molar-refractivity contribution in [3.8, 4) is 6.07 Å². The van der Waals surface area contributed by atoms with Gasteiger partial charge in [0.15, 0.2) is 0 Å². The minimum Gasteiger partial charge on any atom is -0.356 e. The lowest BCUT2D eigenvalue weighted by Gasteiger charge is -2.00. The van der Waals surface area contributed by atoms with Crippen LogP contribution in [0, 0.1) is 11.3 Å². The molecule has 0 aromatic carbocycles. The van der Waals surface area contributed by atoms with Crippen LogP contribution in [0.5, 0.6) is 0 Å². The topological polar surface area (TPSA) is 70.0 Å². The lowest BCUT2D eigenvalue weighted by Crippen LogP contribution is -2.25. The van der Waals surface area contributed by atoms with Gasteiger partial charge in [-0.15, -0.1) is 0 Å². The number of amides is 1. The lowest BCUT2D eigenvalue weighted by molar-refractivity contribution is -0.127. The predicted octanol–water partition coefficient (Wildman–Crippen LogP) is 0.385. The second kappa shape index (κ2) is 6.35. The summed E-state index contributed by atoms with van der Waals surface area (Å²) in [4.78, 5) is 21.2. The third-order valence-corrected chi connectivity index (χ3v) is 1.20. The lowest BCUT2D eigenvalue weighted by atomic mass is 10.3. The summed E-state index contributed by atoms with van der Waals surface area (Å²) in [6, 6.07) is 1.96. The maximum atomic E-state index is 10.8. The normalized spacial score (nSPS) is 8.67. The smallest absolute Gasteiger partial charge is 0.227 e. The molecule has 0 aliphatic rings. The van der Waals surface area contributed by atoms with E-state index in [4.69, 9.17) is 5.26 Å². The van der Waals surface area contributed by atoms with Crippen molar-refractivity contribution in [3.05, 3.63) is 0 Å². The third-order valence-electron chi connectivity index (χ3n) is 1.20. The molecular formula is C8H12N2O2. The highest BCUT2D eigenvalue weighted by molar-refractivity contribution is 5.96. The van der Waals surface area contributed by atoms with Crippen molar-refractivity contribution in [2.75, 3.05) is 6.54 Å². The van der Waals surface area contributed by atoms with Crippen molar-refractivity contribution < 1.29 is 9.59 Å². The van der Waals surface area contributed by atoms with Gasteiger partial charge in [0.05, 0.1) is 12.5 Å². The van der Waals surface area contributed by atoms with Gasteiger partial charge >= 0.3 is 0 Å². The van der Waals surface area contributed by atoms with Crippen LogP contribution in [0.3, 0.4) is 0 Å². The van der Waals surface area contributed by atoms with Crippen LogP contribution in [0.4, 0.5) is 0 Å². The van der Waals surface area contributed by atoms with Gasteiger partial charge in [-0.25, -0.2) is 0 Å². The Morgan fingerprint density at radius 3 is 2.67 bits per heavy atom. The van der Waals surface area contributed by atoms with E-state index in [1.54, 1.807) is 0 Å². The number of nitriles is 1. The van der Waals surface area contributed by atoms with Crippen LogP contribution in [0.25, 0.3) is 0 Å². The maximum absolute atomic E-state index is 10.8. The van der Waals surface area contributed by atoms with E-state index < -0.39 is 0 Å². The number of nitrogens with zero attached hydrogens (tertiary/aromatic N) is 1. The standard InChI is InChI=1S/C8H12N2O2/c1-7(11)6-8(12)10-5-3-2-4-9/h2-3,5-6H2,1H3,(H,10,12). The molecule has 0 aromatic rings. The van der Waals surface area contributed by atoms with E-state index in [1.807, 2.05) is 6.07 Å². The molecule has 0 heterocycles. The molecule has 0 rings (SSSR count). The molecule has 1 amide bonds. The van der Waals surface area contributed by atoms with E-state index in [0.29, 0.717) is 19.4 Å². The zero-order valence-electron chi connectivity index (χ0n) is 7.09. The molecule has 0 saturated heterocycles. The molecule has 0 aliphatic carbocycles. The summed E-state index contributed by atoms with van der Waals surface area (Å²) in [5, 5.41) is 10.7. The van der Waals surface area contributed by atoms with Crippen molar-refractivity contribution in [1.29, 1.82) is 5.26 Å². The van der Waals surface area contributed by atoms with Crippen molar-refractivity contribution >= 4 is 11.7 Å². The molecule has 0 aromatic heterocycles. The summed E-state index contributed by atoms with van der Waals surface area (Å²) in [6.07, 6.45) is 1.01. The van der Waals surface area contributed by atoms with Gasteiger partial charge in [0, 0.05) is 13.0 Å². The number of Topliss-reactive ketones (excluding diaryl/α,β-unsaturated/α-hetero) is 1. The number of hydrogen-bond acceptors (Lipinski definition) is 3. The van der Waals surface area contributed by atoms with Gasteiger partial charge in [0.1, 0.15) is 5.78 Å². The molecule has 0 fully saturated rings. The second-order valence-electron chi connectivity index (χ2n) is 2.49. The molecule has 0 bridgehead atoms. The fourth-order valence-electron chi connectivity index (χ4n) is 0.684. The second-order valence-corrected chi connectivity index (χ2v) is 2.49. The Hall–Kier alpha value is -1.37. The van der Waals surface area contributed by atoms with Crippen LogP contribution >= 0.6 is 0 Å². The highest BCUT2D eigenvalue weighted by atomic mass is 16.2. The van der Waals surface area contributed by atoms with Crippen LogP contribution in [0.15, 0.2) is 0 Å². The number of carbonyl (C=O) groups excluding carboxylic acids is 2. The molecule has 0 saturated carbocycles. The third kappa shape index (κ3) is 6.75. The van der Waals surface area contributed by atoms with Crippen LogP contribution in [0.2, 0.25) is 0 Å². The van der Waals surface area contributed by atoms with E-state index in [9.17, 15) is 9.59 Å². The van der Waals surface area contributed by atoms with Gasteiger partial charge in [-0.1, -0.05) is 0 Å². The summed E-state index contributed by atoms with van der Waals surface area (Å²) in [5.74, 6) is -0.409. The molecule has 4 heteroatoms. The number of hydrogen-bond donors (Lipinski definition) is 1. The Morgan fingerprint density at radius 1 is 1.50 bits per heavy atom. The molecule has 0 spiro atoms. The van der Waals surface area contributed by atoms with Gasteiger partial charge in [0.25, 0.3) is 0 Å². The Balaban J connectivity index is 3.33. The maximum Gasteiger partial charge on any atom is 0.227 e. The van der Waals surface area contributed by atoms with Crippen LogP contribution in [-0.2, 0) is 9.59 Å². The SMILES string of the molecule is CC(=O)CC(=O)NCCCC#N. The Bertz CT molecular complexity index is 206. The average molecular weight is 168 g/mol. The number of unbranched alkanes of at least 4 members (excludes halogenated alkanes) is 1. The first kappa shape index (κ1) is 10.6. The molecule has 1 N–H and O–H groups in total. The summed E-state index contributed by atoms with van der Waals surface area (Å²) in [7, 11) is 0. The highest BCUT2D eigenvalue weighted by Crippen LogP contribution is 1.85. The Labute approximate surface area is 71.6 Å². The van der Waals surface area contributed by atoms with Crippen LogP contribution in [0.1, 0.15) is 26.2 Å². The van der Waals surface area contributed by atoms with Gasteiger partial charge in [-0.3, -0.25) is 9.59 Å². The number of carbonyl (C=O) groups is 2. The van der Waals surface area contributed by atoms with E-state index in [1.165, 1.54) is 6.92 Å². The van der Waals surface area contributed by atoms with Gasteiger partial charge in [-0.05, 0) is 13.3 Å². The summed E-state index contributed by atoms with van der Waals surface area (Å²) in [6.45, 7) is 1.84. The zero-order valence-corrected chi connectivity index (χ0v) is 7.09. The first-order chi connectivity index (χ1) is 5.66. The Kier molecular flexibility index (Phi) is 5.62. The van der Waals surface area contributed by atoms with E-state index in [0.717, 1.165) is 0 Å². The van der Waals surface area contributed by atoms with Gasteiger partial charge in [0.2, 0.25) is 5.91 Å². The fourth-order valence-corrected chi connectivity index (χ4v) is 0.684. The number of rotatable bonds is 5. The molecule has 66 valence electrons. The Morgan fingerprint density at radius 2 is 2.17 bits per heavy atom. The monoisotopic (exact) mass is 168 g/mol. The molecule has 0 unspecified atom stereocenters. The van der Waals surface area contributed by atoms with Crippen molar-refractivity contribution in [3.63, 3.8) is 0 Å². The molecular weight excluding hydrogens is 156 g/mol. The predicted molar refractivity (Wildman–Crippen MR) is 43.2 cm³/mol. The van der Waals surface area contributed by atoms with E-state index in [-0.39, 0.29) is 18.1 Å². The van der Waals surface area contributed by atoms with E-state index >= 15 is 0 Å². The first-order valence-electron chi connectivity index (χ1n) is 3.80. The van der Waals surface area contributed by atoms with E-state index in [2.05, 4.69) is 5.32 Å². The van der Waals surface area contributed by atoms with Crippen molar-refractivity contribution in [2.45, 2.75) is 26.2 Å². The van der Waals surface area contributed by atoms with Crippen molar-refractivity contribution in [1.82, 2.24) is 5.32 Å². The number of ketones is 1. The summed E-state index contributed by atoms with van der Waals surface area (Å²) < 4.78 is 0. The van der Waals surface area contributed by atoms with Gasteiger partial charge in [-0.2, -0.15) is 5.26 Å². The minimum absolute atomic E-state index is 0.0629. The van der Waals surface area contributed by atoms with Gasteiger partial charge < -0.3 is 5.32 Å². The summed E-state index contributed by atoms with van der Waals surface area (Å²) >= 11 is 0. The average Bonchev–Trinajstić information content (AvgIpc) is 1.97. The number of nitrogens with one attached hydrogen (secondary N) is 1. The molecule has 12 heavy (non-hydrogen) atoms. The molecule has 0 radical (unpaired) electrons. The molecule has 0 atom stereocenters. The highest BCUT2D eigenvalue weighted by Gasteiger charge is 2.02. The quantitative estimate of drug-likeness (QED) is 0.476. The fraction of sp³-hybridized carbons (Fsp3) is 0.625. The van der Waals surface area contributed by atoms with Crippen molar-refractivity contribution in [2.24, 2.45) is 0 Å². The molecule has 4 nitrogen and oxygen atoms in total. The summed E-state index contributed by atoms with van der Waals surface area (Å²) in [5.41, 5.74) is 0. The molecule has 0 aliphatic heterocycles. The van der Waals surface area contributed by atoms with Crippen LogP contribution < -0.4 is 5.32 Å². The van der Waals surface area contributed by atoms with Crippen LogP contribution in [-0.4, -0.2) is 18.2 Å². The largest absolute Gasteiger partial charge is 0.356 e. The zero-order chi connectivity index (χ0) is 9.40.